The molecule has 6 aromatic rings. The van der Waals surface area contributed by atoms with E-state index < -0.39 is 0 Å². The zero-order valence-electron chi connectivity index (χ0n) is 17.5. The minimum Gasteiger partial charge on any atom is -0.0622 e. The largest absolute Gasteiger partial charge is 0.0622 e. The summed E-state index contributed by atoms with van der Waals surface area (Å²) in [6, 6.07) is 41.9. The normalized spacial score (nSPS) is 11.4. The summed E-state index contributed by atoms with van der Waals surface area (Å²) in [4.78, 5) is 0. The molecule has 0 heterocycles. The van der Waals surface area contributed by atoms with Crippen molar-refractivity contribution < 1.29 is 0 Å². The van der Waals surface area contributed by atoms with Gasteiger partial charge in [-0.05, 0) is 73.6 Å². The molecule has 0 saturated heterocycles. The lowest BCUT2D eigenvalue weighted by Crippen LogP contribution is -1.86. The third kappa shape index (κ3) is 3.00. The Labute approximate surface area is 182 Å². The van der Waals surface area contributed by atoms with Gasteiger partial charge < -0.3 is 0 Å². The Morgan fingerprint density at radius 2 is 0.839 bits per heavy atom. The maximum Gasteiger partial charge on any atom is -0.00928 e. The molecule has 0 fully saturated rings. The lowest BCUT2D eigenvalue weighted by atomic mass is 9.91. The predicted molar refractivity (Wildman–Crippen MR) is 135 cm³/mol. The molecule has 0 bridgehead atoms. The summed E-state index contributed by atoms with van der Waals surface area (Å²) in [7, 11) is 0. The van der Waals surface area contributed by atoms with Crippen LogP contribution >= 0.6 is 0 Å². The van der Waals surface area contributed by atoms with E-state index in [2.05, 4.69) is 122 Å². The Hall–Kier alpha value is -3.90. The second-order valence-electron chi connectivity index (χ2n) is 8.30. The minimum absolute atomic E-state index is 1.25. The second kappa shape index (κ2) is 7.11. The van der Waals surface area contributed by atoms with E-state index in [1.807, 2.05) is 0 Å². The van der Waals surface area contributed by atoms with Gasteiger partial charge in [0.05, 0.1) is 0 Å². The highest BCUT2D eigenvalue weighted by Crippen LogP contribution is 2.37. The highest BCUT2D eigenvalue weighted by Gasteiger charge is 2.10. The number of aryl methyl sites for hydroxylation is 1. The van der Waals surface area contributed by atoms with Gasteiger partial charge in [-0.1, -0.05) is 109 Å². The number of rotatable bonds is 2. The first-order valence-corrected chi connectivity index (χ1v) is 10.8. The molecular formula is C31H22. The second-order valence-corrected chi connectivity index (χ2v) is 8.30. The van der Waals surface area contributed by atoms with Crippen LogP contribution in [-0.2, 0) is 0 Å². The maximum absolute atomic E-state index is 2.36. The van der Waals surface area contributed by atoms with Gasteiger partial charge in [0.25, 0.3) is 0 Å². The summed E-state index contributed by atoms with van der Waals surface area (Å²) in [6.45, 7) is 2.17. The molecule has 0 aliphatic rings. The average Bonchev–Trinajstić information content (AvgIpc) is 2.84. The Kier molecular flexibility index (Phi) is 4.11. The van der Waals surface area contributed by atoms with E-state index in [0.29, 0.717) is 0 Å². The molecule has 0 atom stereocenters. The molecule has 31 heavy (non-hydrogen) atoms. The van der Waals surface area contributed by atoms with Crippen LogP contribution in [-0.4, -0.2) is 0 Å². The quantitative estimate of drug-likeness (QED) is 0.257. The van der Waals surface area contributed by atoms with Crippen molar-refractivity contribution in [2.45, 2.75) is 6.92 Å². The van der Waals surface area contributed by atoms with E-state index in [1.54, 1.807) is 0 Å². The lowest BCUT2D eigenvalue weighted by Gasteiger charge is -2.13. The summed E-state index contributed by atoms with van der Waals surface area (Å²) < 4.78 is 0. The third-order valence-corrected chi connectivity index (χ3v) is 6.30. The Balaban J connectivity index is 1.62. The van der Waals surface area contributed by atoms with E-state index in [0.717, 1.165) is 0 Å². The number of benzene rings is 6. The van der Waals surface area contributed by atoms with Gasteiger partial charge in [0, 0.05) is 0 Å². The van der Waals surface area contributed by atoms with Crippen LogP contribution in [0.3, 0.4) is 0 Å². The fourth-order valence-electron chi connectivity index (χ4n) is 4.76. The summed E-state index contributed by atoms with van der Waals surface area (Å²) >= 11 is 0. The zero-order chi connectivity index (χ0) is 20.8. The van der Waals surface area contributed by atoms with Crippen molar-refractivity contribution in [2.75, 3.05) is 0 Å². The summed E-state index contributed by atoms with van der Waals surface area (Å²) in [5.41, 5.74) is 6.29. The third-order valence-electron chi connectivity index (χ3n) is 6.30. The van der Waals surface area contributed by atoms with Crippen LogP contribution in [0.4, 0.5) is 0 Å². The Morgan fingerprint density at radius 1 is 0.323 bits per heavy atom. The van der Waals surface area contributed by atoms with Gasteiger partial charge in [-0.2, -0.15) is 0 Å². The Morgan fingerprint density at radius 3 is 1.58 bits per heavy atom. The molecule has 0 spiro atoms. The first-order valence-electron chi connectivity index (χ1n) is 10.8. The monoisotopic (exact) mass is 394 g/mol. The van der Waals surface area contributed by atoms with Crippen molar-refractivity contribution in [3.05, 3.63) is 121 Å². The number of hydrogen-bond acceptors (Lipinski definition) is 0. The van der Waals surface area contributed by atoms with Crippen LogP contribution in [0.15, 0.2) is 115 Å². The topological polar surface area (TPSA) is 0 Å². The van der Waals surface area contributed by atoms with Crippen LogP contribution < -0.4 is 0 Å². The number of fused-ring (bicyclic) bond motifs is 6. The molecule has 0 radical (unpaired) electrons. The predicted octanol–water partition coefficient (Wildman–Crippen LogP) is 8.79. The molecule has 0 N–H and O–H groups in total. The van der Waals surface area contributed by atoms with Crippen molar-refractivity contribution in [2.24, 2.45) is 0 Å². The molecule has 6 aromatic carbocycles. The molecule has 0 unspecified atom stereocenters. The molecule has 0 aliphatic heterocycles. The highest BCUT2D eigenvalue weighted by molar-refractivity contribution is 6.25. The van der Waals surface area contributed by atoms with Crippen molar-refractivity contribution in [3.63, 3.8) is 0 Å². The first-order chi connectivity index (χ1) is 15.3. The zero-order valence-corrected chi connectivity index (χ0v) is 17.5. The van der Waals surface area contributed by atoms with Crippen LogP contribution in [0.5, 0.6) is 0 Å². The van der Waals surface area contributed by atoms with E-state index in [9.17, 15) is 0 Å². The fourth-order valence-corrected chi connectivity index (χ4v) is 4.76. The molecule has 146 valence electrons. The SMILES string of the molecule is Cc1ccc2c3ccc(-c4cccc(-c5ccccc5)c4)cc3c3ccccc3c2c1. The summed E-state index contributed by atoms with van der Waals surface area (Å²) in [5, 5.41) is 7.93. The molecule has 0 saturated carbocycles. The molecule has 0 aliphatic carbocycles. The van der Waals surface area contributed by atoms with E-state index in [1.165, 1.54) is 60.1 Å². The molecule has 0 amide bonds. The molecular weight excluding hydrogens is 372 g/mol. The smallest absolute Gasteiger partial charge is 0.00928 e. The maximum atomic E-state index is 2.36. The van der Waals surface area contributed by atoms with E-state index >= 15 is 0 Å². The van der Waals surface area contributed by atoms with E-state index in [4.69, 9.17) is 0 Å². The summed E-state index contributed by atoms with van der Waals surface area (Å²) in [5.74, 6) is 0. The van der Waals surface area contributed by atoms with Crippen LogP contribution in [0, 0.1) is 6.92 Å². The lowest BCUT2D eigenvalue weighted by molar-refractivity contribution is 1.51. The van der Waals surface area contributed by atoms with E-state index in [-0.39, 0.29) is 0 Å². The standard InChI is InChI=1S/C31H22/c1-21-14-16-28-29-17-15-25(20-31(29)27-13-6-5-12-26(27)30(28)18-21)24-11-7-10-23(19-24)22-8-3-2-4-9-22/h2-20H,1H3. The van der Waals surface area contributed by atoms with Crippen molar-refractivity contribution in [3.8, 4) is 22.3 Å². The Bertz CT molecular complexity index is 1550. The first kappa shape index (κ1) is 17.9. The minimum atomic E-state index is 1.25. The van der Waals surface area contributed by atoms with Gasteiger partial charge in [0.1, 0.15) is 0 Å². The molecule has 0 aromatic heterocycles. The van der Waals surface area contributed by atoms with Crippen molar-refractivity contribution >= 4 is 32.3 Å². The number of hydrogen-bond donors (Lipinski definition) is 0. The van der Waals surface area contributed by atoms with Gasteiger partial charge in [-0.3, -0.25) is 0 Å². The van der Waals surface area contributed by atoms with Gasteiger partial charge in [-0.25, -0.2) is 0 Å². The molecule has 6 rings (SSSR count). The molecule has 0 heteroatoms. The van der Waals surface area contributed by atoms with Crippen LogP contribution in [0.2, 0.25) is 0 Å². The van der Waals surface area contributed by atoms with Gasteiger partial charge >= 0.3 is 0 Å². The summed E-state index contributed by atoms with van der Waals surface area (Å²) in [6.07, 6.45) is 0. The van der Waals surface area contributed by atoms with Crippen molar-refractivity contribution in [1.82, 2.24) is 0 Å². The van der Waals surface area contributed by atoms with Crippen LogP contribution in [0.1, 0.15) is 5.56 Å². The molecule has 0 nitrogen and oxygen atoms in total. The van der Waals surface area contributed by atoms with Gasteiger partial charge in [0.2, 0.25) is 0 Å². The van der Waals surface area contributed by atoms with Gasteiger partial charge in [0.15, 0.2) is 0 Å². The van der Waals surface area contributed by atoms with Crippen molar-refractivity contribution in [1.29, 1.82) is 0 Å². The highest BCUT2D eigenvalue weighted by atomic mass is 14.1. The van der Waals surface area contributed by atoms with Crippen LogP contribution in [0.25, 0.3) is 54.6 Å². The average molecular weight is 395 g/mol. The fraction of sp³-hybridized carbons (Fsp3) is 0.0323. The van der Waals surface area contributed by atoms with Gasteiger partial charge in [-0.15, -0.1) is 0 Å².